The van der Waals surface area contributed by atoms with Gasteiger partial charge in [0.2, 0.25) is 0 Å². The van der Waals surface area contributed by atoms with Gasteiger partial charge in [0, 0.05) is 32.6 Å². The standard InChI is InChI=1S/C20H39N3O2/c1-4-25-20(24)17-19-8-12-22-11-6-9-21(3)13-14-23(16-15-22)10-5-7-18(19)2/h18-19H,4-17H2,1-3H3. The van der Waals surface area contributed by atoms with Gasteiger partial charge < -0.3 is 19.4 Å². The smallest absolute Gasteiger partial charge is 0.306 e. The largest absolute Gasteiger partial charge is 0.466 e. The minimum atomic E-state index is -0.0121. The van der Waals surface area contributed by atoms with Gasteiger partial charge in [0.15, 0.2) is 0 Å². The number of rotatable bonds is 3. The number of likely N-dealkylation sites (N-methyl/N-ethyl adjacent to an activating group) is 1. The maximum Gasteiger partial charge on any atom is 0.306 e. The van der Waals surface area contributed by atoms with Gasteiger partial charge in [0.1, 0.15) is 0 Å². The van der Waals surface area contributed by atoms with Gasteiger partial charge in [-0.25, -0.2) is 0 Å². The molecule has 4 atom stereocenters. The van der Waals surface area contributed by atoms with E-state index in [0.29, 0.717) is 24.9 Å². The monoisotopic (exact) mass is 353 g/mol. The third-order valence-corrected chi connectivity index (χ3v) is 6.03. The van der Waals surface area contributed by atoms with E-state index >= 15 is 0 Å². The highest BCUT2D eigenvalue weighted by molar-refractivity contribution is 5.69. The Kier molecular flexibility index (Phi) is 9.21. The summed E-state index contributed by atoms with van der Waals surface area (Å²) in [5.74, 6) is 1.04. The Morgan fingerprint density at radius 3 is 2.36 bits per heavy atom. The zero-order valence-electron chi connectivity index (χ0n) is 16.7. The molecule has 5 heteroatoms. The summed E-state index contributed by atoms with van der Waals surface area (Å²) in [6.45, 7) is 14.1. The lowest BCUT2D eigenvalue weighted by molar-refractivity contribution is -0.144. The van der Waals surface area contributed by atoms with Crippen LogP contribution in [0.5, 0.6) is 0 Å². The molecule has 2 aliphatic heterocycles. The fraction of sp³-hybridized carbons (Fsp3) is 0.950. The molecule has 4 unspecified atom stereocenters. The minimum Gasteiger partial charge on any atom is -0.466 e. The first-order valence-corrected chi connectivity index (χ1v) is 10.4. The lowest BCUT2D eigenvalue weighted by Crippen LogP contribution is -2.42. The number of fused-ring (bicyclic) bond motifs is 3. The molecule has 2 bridgehead atoms. The maximum absolute atomic E-state index is 12.0. The van der Waals surface area contributed by atoms with Crippen molar-refractivity contribution in [3.05, 3.63) is 0 Å². The summed E-state index contributed by atoms with van der Waals surface area (Å²) in [5.41, 5.74) is 0. The zero-order chi connectivity index (χ0) is 18.1. The molecular weight excluding hydrogens is 314 g/mol. The van der Waals surface area contributed by atoms with Crippen LogP contribution >= 0.6 is 0 Å². The fourth-order valence-electron chi connectivity index (χ4n) is 4.18. The highest BCUT2D eigenvalue weighted by Crippen LogP contribution is 2.26. The second-order valence-electron chi connectivity index (χ2n) is 8.02. The van der Waals surface area contributed by atoms with Crippen molar-refractivity contribution in [1.29, 1.82) is 0 Å². The first kappa shape index (κ1) is 20.7. The molecule has 0 N–H and O–H groups in total. The molecule has 0 spiro atoms. The third-order valence-electron chi connectivity index (χ3n) is 6.03. The minimum absolute atomic E-state index is 0.0121. The molecule has 2 heterocycles. The Bertz CT molecular complexity index is 391. The average Bonchev–Trinajstić information content (AvgIpc) is 2.61. The van der Waals surface area contributed by atoms with Crippen LogP contribution in [-0.4, -0.2) is 86.7 Å². The van der Waals surface area contributed by atoms with Crippen LogP contribution in [0, 0.1) is 11.8 Å². The summed E-state index contributed by atoms with van der Waals surface area (Å²) in [6, 6.07) is 0. The van der Waals surface area contributed by atoms with E-state index in [9.17, 15) is 4.79 Å². The Labute approximate surface area is 154 Å². The number of esters is 1. The van der Waals surface area contributed by atoms with E-state index in [2.05, 4.69) is 28.7 Å². The topological polar surface area (TPSA) is 36.0 Å². The van der Waals surface area contributed by atoms with Crippen LogP contribution in [-0.2, 0) is 9.53 Å². The second kappa shape index (κ2) is 11.1. The highest BCUT2D eigenvalue weighted by atomic mass is 16.5. The van der Waals surface area contributed by atoms with Crippen LogP contribution in [0.3, 0.4) is 0 Å². The van der Waals surface area contributed by atoms with E-state index < -0.39 is 0 Å². The van der Waals surface area contributed by atoms with E-state index in [1.165, 1.54) is 65.1 Å². The van der Waals surface area contributed by atoms with Crippen molar-refractivity contribution in [3.63, 3.8) is 0 Å². The molecule has 2 fully saturated rings. The SMILES string of the molecule is CCOC(=O)CC1CCN2CCCN(C)CCN(CCCC1C)CC2. The molecule has 2 rings (SSSR count). The van der Waals surface area contributed by atoms with Gasteiger partial charge in [-0.2, -0.15) is 0 Å². The zero-order valence-corrected chi connectivity index (χ0v) is 16.7. The first-order valence-electron chi connectivity index (χ1n) is 10.4. The molecule has 0 radical (unpaired) electrons. The van der Waals surface area contributed by atoms with Gasteiger partial charge in [-0.3, -0.25) is 4.79 Å². The van der Waals surface area contributed by atoms with Gasteiger partial charge >= 0.3 is 5.97 Å². The molecule has 0 aromatic heterocycles. The molecule has 0 aliphatic carbocycles. The summed E-state index contributed by atoms with van der Waals surface area (Å²) < 4.78 is 5.23. The molecule has 5 nitrogen and oxygen atoms in total. The second-order valence-corrected chi connectivity index (χ2v) is 8.02. The molecule has 146 valence electrons. The summed E-state index contributed by atoms with van der Waals surface area (Å²) in [7, 11) is 2.25. The van der Waals surface area contributed by atoms with Gasteiger partial charge in [0.05, 0.1) is 6.61 Å². The summed E-state index contributed by atoms with van der Waals surface area (Å²) in [4.78, 5) is 19.8. The number of carbonyl (C=O) groups is 1. The number of hydrogen-bond acceptors (Lipinski definition) is 5. The molecule has 0 aromatic rings. The summed E-state index contributed by atoms with van der Waals surface area (Å²) in [6.07, 6.45) is 5.42. The van der Waals surface area contributed by atoms with E-state index in [1.807, 2.05) is 6.92 Å². The predicted octanol–water partition coefficient (Wildman–Crippen LogP) is 2.32. The molecule has 0 amide bonds. The van der Waals surface area contributed by atoms with Crippen molar-refractivity contribution >= 4 is 5.97 Å². The normalized spacial score (nSPS) is 33.4. The molecule has 0 aromatic carbocycles. The number of nitrogens with zero attached hydrogens (tertiary/aromatic N) is 3. The van der Waals surface area contributed by atoms with Crippen molar-refractivity contribution in [2.75, 3.05) is 66.0 Å². The van der Waals surface area contributed by atoms with Crippen molar-refractivity contribution in [2.24, 2.45) is 11.8 Å². The number of hydrogen-bond donors (Lipinski definition) is 0. The Morgan fingerprint density at radius 2 is 1.60 bits per heavy atom. The quantitative estimate of drug-likeness (QED) is 0.728. The molecule has 2 aliphatic rings. The van der Waals surface area contributed by atoms with Crippen LogP contribution in [0.15, 0.2) is 0 Å². The summed E-state index contributed by atoms with van der Waals surface area (Å²) in [5, 5.41) is 0. The molecular formula is C20H39N3O2. The van der Waals surface area contributed by atoms with Crippen molar-refractivity contribution < 1.29 is 9.53 Å². The lowest BCUT2D eigenvalue weighted by atomic mass is 9.85. The number of carbonyl (C=O) groups excluding carboxylic acids is 1. The van der Waals surface area contributed by atoms with Crippen molar-refractivity contribution in [3.8, 4) is 0 Å². The van der Waals surface area contributed by atoms with E-state index in [4.69, 9.17) is 4.74 Å². The van der Waals surface area contributed by atoms with Crippen molar-refractivity contribution in [2.45, 2.75) is 46.0 Å². The van der Waals surface area contributed by atoms with Crippen LogP contribution in [0.1, 0.15) is 46.0 Å². The molecule has 2 saturated heterocycles. The Morgan fingerprint density at radius 1 is 0.920 bits per heavy atom. The third kappa shape index (κ3) is 7.63. The van der Waals surface area contributed by atoms with Gasteiger partial charge in [0.25, 0.3) is 0 Å². The Balaban J connectivity index is 2.01. The molecule has 25 heavy (non-hydrogen) atoms. The van der Waals surface area contributed by atoms with Gasteiger partial charge in [-0.15, -0.1) is 0 Å². The number of ether oxygens (including phenoxy) is 1. The van der Waals surface area contributed by atoms with Crippen molar-refractivity contribution in [1.82, 2.24) is 14.7 Å². The predicted molar refractivity (Wildman–Crippen MR) is 103 cm³/mol. The summed E-state index contributed by atoms with van der Waals surface area (Å²) >= 11 is 0. The van der Waals surface area contributed by atoms with E-state index in [-0.39, 0.29) is 5.97 Å². The average molecular weight is 354 g/mol. The maximum atomic E-state index is 12.0. The molecule has 0 saturated carbocycles. The van der Waals surface area contributed by atoms with Crippen LogP contribution in [0.4, 0.5) is 0 Å². The van der Waals surface area contributed by atoms with Gasteiger partial charge in [-0.05, 0) is 77.7 Å². The first-order chi connectivity index (χ1) is 12.1. The Hall–Kier alpha value is -0.650. The highest BCUT2D eigenvalue weighted by Gasteiger charge is 2.24. The van der Waals surface area contributed by atoms with Gasteiger partial charge in [-0.1, -0.05) is 6.92 Å². The fourth-order valence-corrected chi connectivity index (χ4v) is 4.18. The van der Waals surface area contributed by atoms with E-state index in [0.717, 1.165) is 13.0 Å². The van der Waals surface area contributed by atoms with Crippen LogP contribution < -0.4 is 0 Å². The van der Waals surface area contributed by atoms with Crippen LogP contribution in [0.2, 0.25) is 0 Å². The van der Waals surface area contributed by atoms with Crippen LogP contribution in [0.25, 0.3) is 0 Å². The lowest BCUT2D eigenvalue weighted by Gasteiger charge is -2.31. The van der Waals surface area contributed by atoms with E-state index in [1.54, 1.807) is 0 Å².